The number of imidazole rings is 2. The summed E-state index contributed by atoms with van der Waals surface area (Å²) >= 11 is 0. The van der Waals surface area contributed by atoms with Crippen LogP contribution in [-0.2, 0) is 13.1 Å². The topological polar surface area (TPSA) is 62.9 Å². The van der Waals surface area contributed by atoms with E-state index in [2.05, 4.69) is 74.0 Å². The molecule has 144 valence electrons. The standard InChI is InChI=1S/C21H25N7/c1-3-17-12-22-13-18-25-20(27-11-10-26-9-8-23-19(26)14-27)21(28(17)18)24-16-6-4-15(2)5-7-16/h4-11,17,22,24H,3,12-14H2,1-2H3. The van der Waals surface area contributed by atoms with Gasteiger partial charge in [-0.2, -0.15) is 0 Å². The molecular formula is C21H25N7. The number of fused-ring (bicyclic) bond motifs is 2. The molecule has 1 unspecified atom stereocenters. The zero-order valence-electron chi connectivity index (χ0n) is 16.3. The van der Waals surface area contributed by atoms with Crippen molar-refractivity contribution in [2.45, 2.75) is 39.4 Å². The fourth-order valence-corrected chi connectivity index (χ4v) is 3.95. The second-order valence-electron chi connectivity index (χ2n) is 7.43. The number of hydrogen-bond acceptors (Lipinski definition) is 5. The third kappa shape index (κ3) is 2.88. The molecule has 0 saturated carbocycles. The molecule has 0 fully saturated rings. The molecule has 1 aromatic carbocycles. The first-order valence-corrected chi connectivity index (χ1v) is 9.85. The molecule has 1 atom stereocenters. The zero-order chi connectivity index (χ0) is 19.1. The van der Waals surface area contributed by atoms with Crippen molar-refractivity contribution < 1.29 is 0 Å². The van der Waals surface area contributed by atoms with Crippen molar-refractivity contribution in [1.82, 2.24) is 24.4 Å². The van der Waals surface area contributed by atoms with Crippen molar-refractivity contribution in [1.29, 1.82) is 0 Å². The summed E-state index contributed by atoms with van der Waals surface area (Å²) in [5.41, 5.74) is 2.33. The van der Waals surface area contributed by atoms with E-state index >= 15 is 0 Å². The minimum atomic E-state index is 0.383. The Labute approximate surface area is 164 Å². The SMILES string of the molecule is CCC1CNCc2nc(N3C=Cn4ccnc4C3)c(Nc3ccc(C)cc3)n21. The van der Waals surface area contributed by atoms with E-state index in [1.807, 2.05) is 18.6 Å². The van der Waals surface area contributed by atoms with Gasteiger partial charge in [0.25, 0.3) is 0 Å². The number of aromatic nitrogens is 4. The van der Waals surface area contributed by atoms with E-state index in [-0.39, 0.29) is 0 Å². The third-order valence-electron chi connectivity index (χ3n) is 5.52. The summed E-state index contributed by atoms with van der Waals surface area (Å²) in [6, 6.07) is 8.89. The van der Waals surface area contributed by atoms with Crippen LogP contribution < -0.4 is 15.5 Å². The lowest BCUT2D eigenvalue weighted by Crippen LogP contribution is -2.33. The van der Waals surface area contributed by atoms with Gasteiger partial charge in [0.05, 0.1) is 13.1 Å². The highest BCUT2D eigenvalue weighted by Gasteiger charge is 2.29. The Morgan fingerprint density at radius 2 is 2.04 bits per heavy atom. The lowest BCUT2D eigenvalue weighted by atomic mass is 10.2. The number of anilines is 3. The molecular weight excluding hydrogens is 350 g/mol. The molecule has 2 aliphatic heterocycles. The highest BCUT2D eigenvalue weighted by molar-refractivity contribution is 5.72. The van der Waals surface area contributed by atoms with Crippen LogP contribution in [0.1, 0.15) is 36.6 Å². The van der Waals surface area contributed by atoms with Gasteiger partial charge in [0, 0.05) is 43.1 Å². The van der Waals surface area contributed by atoms with E-state index in [0.717, 1.165) is 48.5 Å². The first kappa shape index (κ1) is 17.1. The molecule has 0 spiro atoms. The molecule has 2 aliphatic rings. The Morgan fingerprint density at radius 1 is 1.18 bits per heavy atom. The number of benzene rings is 1. The Morgan fingerprint density at radius 3 is 2.86 bits per heavy atom. The fraction of sp³-hybridized carbons (Fsp3) is 0.333. The predicted octanol–water partition coefficient (Wildman–Crippen LogP) is 3.63. The van der Waals surface area contributed by atoms with Gasteiger partial charge in [-0.05, 0) is 25.5 Å². The largest absolute Gasteiger partial charge is 0.338 e. The molecule has 0 bridgehead atoms. The van der Waals surface area contributed by atoms with E-state index in [1.165, 1.54) is 5.56 Å². The van der Waals surface area contributed by atoms with Crippen molar-refractivity contribution in [2.24, 2.45) is 0 Å². The molecule has 0 saturated heterocycles. The van der Waals surface area contributed by atoms with Gasteiger partial charge in [-0.25, -0.2) is 9.97 Å². The molecule has 2 aromatic heterocycles. The van der Waals surface area contributed by atoms with E-state index in [1.54, 1.807) is 0 Å². The van der Waals surface area contributed by atoms with Gasteiger partial charge >= 0.3 is 0 Å². The molecule has 0 aliphatic carbocycles. The second-order valence-corrected chi connectivity index (χ2v) is 7.43. The van der Waals surface area contributed by atoms with E-state index in [0.29, 0.717) is 12.6 Å². The molecule has 3 aromatic rings. The van der Waals surface area contributed by atoms with Crippen molar-refractivity contribution in [3.63, 3.8) is 0 Å². The highest BCUT2D eigenvalue weighted by atomic mass is 15.3. The van der Waals surface area contributed by atoms with Crippen LogP contribution in [0.25, 0.3) is 6.20 Å². The zero-order valence-corrected chi connectivity index (χ0v) is 16.3. The summed E-state index contributed by atoms with van der Waals surface area (Å²) in [6.45, 7) is 6.78. The van der Waals surface area contributed by atoms with Gasteiger partial charge < -0.3 is 24.7 Å². The number of nitrogens with zero attached hydrogens (tertiary/aromatic N) is 5. The summed E-state index contributed by atoms with van der Waals surface area (Å²) in [5, 5.41) is 7.16. The van der Waals surface area contributed by atoms with Crippen molar-refractivity contribution in [3.8, 4) is 0 Å². The molecule has 28 heavy (non-hydrogen) atoms. The van der Waals surface area contributed by atoms with Crippen LogP contribution in [0.4, 0.5) is 17.3 Å². The Hall–Kier alpha value is -3.06. The van der Waals surface area contributed by atoms with Crippen molar-refractivity contribution in [2.75, 3.05) is 16.8 Å². The maximum atomic E-state index is 5.02. The lowest BCUT2D eigenvalue weighted by Gasteiger charge is -2.28. The average Bonchev–Trinajstić information content (AvgIpc) is 3.33. The summed E-state index contributed by atoms with van der Waals surface area (Å²) < 4.78 is 4.43. The van der Waals surface area contributed by atoms with Crippen LogP contribution in [0.3, 0.4) is 0 Å². The molecule has 0 amide bonds. The summed E-state index contributed by atoms with van der Waals surface area (Å²) in [5.74, 6) is 4.09. The van der Waals surface area contributed by atoms with Gasteiger partial charge in [0.15, 0.2) is 11.6 Å². The maximum absolute atomic E-state index is 5.02. The Bertz CT molecular complexity index is 1010. The molecule has 0 radical (unpaired) electrons. The van der Waals surface area contributed by atoms with Crippen LogP contribution in [0.2, 0.25) is 0 Å². The summed E-state index contributed by atoms with van der Waals surface area (Å²) in [4.78, 5) is 11.7. The molecule has 7 nitrogen and oxygen atoms in total. The minimum absolute atomic E-state index is 0.383. The van der Waals surface area contributed by atoms with Crippen LogP contribution in [-0.4, -0.2) is 25.6 Å². The van der Waals surface area contributed by atoms with Gasteiger partial charge in [0.1, 0.15) is 11.6 Å². The van der Waals surface area contributed by atoms with Crippen molar-refractivity contribution in [3.05, 3.63) is 60.1 Å². The maximum Gasteiger partial charge on any atom is 0.176 e. The normalized spacial score (nSPS) is 18.1. The van der Waals surface area contributed by atoms with E-state index in [9.17, 15) is 0 Å². The van der Waals surface area contributed by atoms with Crippen LogP contribution in [0, 0.1) is 6.92 Å². The predicted molar refractivity (Wildman–Crippen MR) is 111 cm³/mol. The lowest BCUT2D eigenvalue weighted by molar-refractivity contribution is 0.390. The van der Waals surface area contributed by atoms with Crippen molar-refractivity contribution >= 4 is 23.5 Å². The van der Waals surface area contributed by atoms with Crippen LogP contribution >= 0.6 is 0 Å². The van der Waals surface area contributed by atoms with Crippen LogP contribution in [0.5, 0.6) is 0 Å². The van der Waals surface area contributed by atoms with Crippen LogP contribution in [0.15, 0.2) is 42.9 Å². The highest BCUT2D eigenvalue weighted by Crippen LogP contribution is 2.36. The fourth-order valence-electron chi connectivity index (χ4n) is 3.95. The first-order chi connectivity index (χ1) is 13.7. The average molecular weight is 375 g/mol. The Kier molecular flexibility index (Phi) is 4.16. The van der Waals surface area contributed by atoms with E-state index < -0.39 is 0 Å². The smallest absolute Gasteiger partial charge is 0.176 e. The second kappa shape index (κ2) is 6.83. The Balaban J connectivity index is 1.58. The molecule has 7 heteroatoms. The number of aryl methyl sites for hydroxylation is 1. The summed E-state index contributed by atoms with van der Waals surface area (Å²) in [7, 11) is 0. The van der Waals surface area contributed by atoms with Gasteiger partial charge in [-0.1, -0.05) is 24.6 Å². The van der Waals surface area contributed by atoms with Gasteiger partial charge in [0.2, 0.25) is 0 Å². The van der Waals surface area contributed by atoms with E-state index in [4.69, 9.17) is 4.98 Å². The number of rotatable bonds is 4. The molecule has 2 N–H and O–H groups in total. The number of nitrogens with one attached hydrogen (secondary N) is 2. The third-order valence-corrected chi connectivity index (χ3v) is 5.52. The van der Waals surface area contributed by atoms with Gasteiger partial charge in [-0.15, -0.1) is 0 Å². The number of hydrogen-bond donors (Lipinski definition) is 2. The first-order valence-electron chi connectivity index (χ1n) is 9.85. The quantitative estimate of drug-likeness (QED) is 0.729. The minimum Gasteiger partial charge on any atom is -0.338 e. The molecule has 4 heterocycles. The molecule has 5 rings (SSSR count). The summed E-state index contributed by atoms with van der Waals surface area (Å²) in [6.07, 6.45) is 8.99. The monoisotopic (exact) mass is 375 g/mol. The van der Waals surface area contributed by atoms with Gasteiger partial charge in [-0.3, -0.25) is 0 Å².